The van der Waals surface area contributed by atoms with E-state index in [1.165, 1.54) is 12.8 Å². The van der Waals surface area contributed by atoms with Crippen molar-refractivity contribution in [2.45, 2.75) is 52.5 Å². The van der Waals surface area contributed by atoms with E-state index in [4.69, 9.17) is 0 Å². The zero-order valence-electron chi connectivity index (χ0n) is 9.47. The first-order valence-electron chi connectivity index (χ1n) is 5.47. The van der Waals surface area contributed by atoms with E-state index in [2.05, 4.69) is 19.2 Å². The number of nitrogens with one attached hydrogen (secondary N) is 1. The zero-order chi connectivity index (χ0) is 10.6. The van der Waals surface area contributed by atoms with Gasteiger partial charge in [0.1, 0.15) is 0 Å². The van der Waals surface area contributed by atoms with E-state index in [1.807, 2.05) is 6.92 Å². The number of carbonyl (C=O) groups is 1. The lowest BCUT2D eigenvalue weighted by molar-refractivity contribution is -0.117. The van der Waals surface area contributed by atoms with Gasteiger partial charge in [0, 0.05) is 6.04 Å². The predicted octanol–water partition coefficient (Wildman–Crippen LogP) is 2.65. The Bertz CT molecular complexity index is 220. The van der Waals surface area contributed by atoms with E-state index in [-0.39, 0.29) is 5.91 Å². The van der Waals surface area contributed by atoms with Gasteiger partial charge in [0.15, 0.2) is 0 Å². The van der Waals surface area contributed by atoms with E-state index >= 15 is 0 Å². The van der Waals surface area contributed by atoms with Gasteiger partial charge in [-0.15, -0.1) is 0 Å². The Kier molecular flexibility index (Phi) is 3.73. The fourth-order valence-electron chi connectivity index (χ4n) is 1.94. The monoisotopic (exact) mass is 195 g/mol. The standard InChI is InChI=1S/C12H21NO/c1-4-5-11(14)13-10-6-8-12(2,3)9-7-10/h4-5,10H,6-9H2,1-3H3,(H,13,14). The molecule has 1 amide bonds. The van der Waals surface area contributed by atoms with Crippen molar-refractivity contribution in [2.75, 3.05) is 0 Å². The lowest BCUT2D eigenvalue weighted by atomic mass is 9.75. The molecule has 0 spiro atoms. The van der Waals surface area contributed by atoms with E-state index in [0.717, 1.165) is 12.8 Å². The van der Waals surface area contributed by atoms with Crippen molar-refractivity contribution in [3.63, 3.8) is 0 Å². The number of allylic oxidation sites excluding steroid dienone is 1. The second kappa shape index (κ2) is 4.63. The molecule has 0 unspecified atom stereocenters. The molecular weight excluding hydrogens is 174 g/mol. The maximum absolute atomic E-state index is 11.3. The van der Waals surface area contributed by atoms with E-state index in [9.17, 15) is 4.79 Å². The molecule has 0 saturated heterocycles. The van der Waals surface area contributed by atoms with Gasteiger partial charge >= 0.3 is 0 Å². The third-order valence-corrected chi connectivity index (χ3v) is 3.00. The van der Waals surface area contributed by atoms with Crippen molar-refractivity contribution < 1.29 is 4.79 Å². The van der Waals surface area contributed by atoms with Crippen molar-refractivity contribution >= 4 is 5.91 Å². The number of carbonyl (C=O) groups excluding carboxylic acids is 1. The minimum absolute atomic E-state index is 0.0530. The number of amides is 1. The molecule has 1 aliphatic carbocycles. The molecule has 0 bridgehead atoms. The molecule has 0 aromatic heterocycles. The lowest BCUT2D eigenvalue weighted by Gasteiger charge is -2.34. The minimum atomic E-state index is 0.0530. The van der Waals surface area contributed by atoms with Gasteiger partial charge in [0.05, 0.1) is 0 Å². The molecule has 0 aromatic carbocycles. The van der Waals surface area contributed by atoms with Crippen LogP contribution in [0, 0.1) is 5.41 Å². The van der Waals surface area contributed by atoms with Crippen LogP contribution in [0.2, 0.25) is 0 Å². The van der Waals surface area contributed by atoms with E-state index in [0.29, 0.717) is 11.5 Å². The van der Waals surface area contributed by atoms with Gasteiger partial charge in [0.25, 0.3) is 0 Å². The fourth-order valence-corrected chi connectivity index (χ4v) is 1.94. The summed E-state index contributed by atoms with van der Waals surface area (Å²) >= 11 is 0. The first-order valence-corrected chi connectivity index (χ1v) is 5.47. The highest BCUT2D eigenvalue weighted by Crippen LogP contribution is 2.34. The fraction of sp³-hybridized carbons (Fsp3) is 0.750. The number of hydrogen-bond donors (Lipinski definition) is 1. The van der Waals surface area contributed by atoms with Crippen LogP contribution in [0.25, 0.3) is 0 Å². The normalized spacial score (nSPS) is 22.5. The molecule has 2 heteroatoms. The van der Waals surface area contributed by atoms with Crippen LogP contribution in [0.3, 0.4) is 0 Å². The molecule has 1 fully saturated rings. The van der Waals surface area contributed by atoms with Crippen molar-refractivity contribution in [1.82, 2.24) is 5.32 Å². The van der Waals surface area contributed by atoms with Gasteiger partial charge < -0.3 is 5.32 Å². The average Bonchev–Trinajstić information content (AvgIpc) is 2.09. The second-order valence-corrected chi connectivity index (χ2v) is 4.95. The summed E-state index contributed by atoms with van der Waals surface area (Å²) in [6.07, 6.45) is 8.05. The van der Waals surface area contributed by atoms with Gasteiger partial charge in [0.2, 0.25) is 5.91 Å². The molecule has 1 rings (SSSR count). The van der Waals surface area contributed by atoms with Crippen molar-refractivity contribution in [2.24, 2.45) is 5.41 Å². The smallest absolute Gasteiger partial charge is 0.243 e. The molecule has 1 aliphatic rings. The molecule has 0 aromatic rings. The maximum Gasteiger partial charge on any atom is 0.243 e. The predicted molar refractivity (Wildman–Crippen MR) is 59.0 cm³/mol. The highest BCUT2D eigenvalue weighted by molar-refractivity contribution is 5.87. The highest BCUT2D eigenvalue weighted by Gasteiger charge is 2.26. The largest absolute Gasteiger partial charge is 0.350 e. The van der Waals surface area contributed by atoms with Crippen LogP contribution in [-0.4, -0.2) is 11.9 Å². The van der Waals surface area contributed by atoms with Crippen LogP contribution in [0.4, 0.5) is 0 Å². The van der Waals surface area contributed by atoms with Crippen LogP contribution >= 0.6 is 0 Å². The average molecular weight is 195 g/mol. The Labute approximate surface area is 86.8 Å². The van der Waals surface area contributed by atoms with Crippen LogP contribution in [0.5, 0.6) is 0 Å². The summed E-state index contributed by atoms with van der Waals surface area (Å²) < 4.78 is 0. The lowest BCUT2D eigenvalue weighted by Crippen LogP contribution is -2.38. The van der Waals surface area contributed by atoms with Crippen molar-refractivity contribution in [1.29, 1.82) is 0 Å². The first-order chi connectivity index (χ1) is 6.53. The van der Waals surface area contributed by atoms with Crippen LogP contribution < -0.4 is 5.32 Å². The Morgan fingerprint density at radius 3 is 2.43 bits per heavy atom. The van der Waals surface area contributed by atoms with Gasteiger partial charge in [-0.05, 0) is 44.1 Å². The molecule has 2 nitrogen and oxygen atoms in total. The summed E-state index contributed by atoms with van der Waals surface area (Å²) in [7, 11) is 0. The van der Waals surface area contributed by atoms with Gasteiger partial charge in [-0.2, -0.15) is 0 Å². The molecule has 0 aliphatic heterocycles. The molecule has 1 saturated carbocycles. The van der Waals surface area contributed by atoms with Crippen molar-refractivity contribution in [3.8, 4) is 0 Å². The van der Waals surface area contributed by atoms with Crippen molar-refractivity contribution in [3.05, 3.63) is 12.2 Å². The quantitative estimate of drug-likeness (QED) is 0.674. The summed E-state index contributed by atoms with van der Waals surface area (Å²) in [6.45, 7) is 6.47. The SMILES string of the molecule is CC=CC(=O)NC1CCC(C)(C)CC1. The zero-order valence-corrected chi connectivity index (χ0v) is 9.47. The summed E-state index contributed by atoms with van der Waals surface area (Å²) in [5.41, 5.74) is 0.474. The molecule has 0 heterocycles. The highest BCUT2D eigenvalue weighted by atomic mass is 16.1. The second-order valence-electron chi connectivity index (χ2n) is 4.95. The third kappa shape index (κ3) is 3.52. The van der Waals surface area contributed by atoms with Gasteiger partial charge in [-0.3, -0.25) is 4.79 Å². The van der Waals surface area contributed by atoms with E-state index in [1.54, 1.807) is 12.2 Å². The molecule has 1 N–H and O–H groups in total. The van der Waals surface area contributed by atoms with Crippen LogP contribution in [-0.2, 0) is 4.79 Å². The molecule has 0 radical (unpaired) electrons. The summed E-state index contributed by atoms with van der Waals surface area (Å²) in [4.78, 5) is 11.3. The number of rotatable bonds is 2. The molecule has 14 heavy (non-hydrogen) atoms. The van der Waals surface area contributed by atoms with Crippen LogP contribution in [0.15, 0.2) is 12.2 Å². The minimum Gasteiger partial charge on any atom is -0.350 e. The summed E-state index contributed by atoms with van der Waals surface area (Å²) in [5, 5.41) is 3.03. The van der Waals surface area contributed by atoms with Crippen LogP contribution in [0.1, 0.15) is 46.5 Å². The summed E-state index contributed by atoms with van der Waals surface area (Å²) in [6, 6.07) is 0.395. The number of hydrogen-bond acceptors (Lipinski definition) is 1. The van der Waals surface area contributed by atoms with Gasteiger partial charge in [-0.1, -0.05) is 19.9 Å². The third-order valence-electron chi connectivity index (χ3n) is 3.00. The topological polar surface area (TPSA) is 29.1 Å². The van der Waals surface area contributed by atoms with E-state index < -0.39 is 0 Å². The molecule has 0 atom stereocenters. The Hall–Kier alpha value is -0.790. The molecule has 80 valence electrons. The van der Waals surface area contributed by atoms with Gasteiger partial charge in [-0.25, -0.2) is 0 Å². The summed E-state index contributed by atoms with van der Waals surface area (Å²) in [5.74, 6) is 0.0530. The molecular formula is C12H21NO. The Morgan fingerprint density at radius 1 is 1.36 bits per heavy atom. The Morgan fingerprint density at radius 2 is 1.93 bits per heavy atom. The Balaban J connectivity index is 2.32. The first kappa shape index (κ1) is 11.3. The maximum atomic E-state index is 11.3.